The van der Waals surface area contributed by atoms with Gasteiger partial charge in [-0.15, -0.1) is 0 Å². The third kappa shape index (κ3) is 4.66. The SMILES string of the molecule is [2H]c1c([2H])c([2H])c(-c2c([2H])c([2H])c([2H])c(-n3c4c([2H])c([2H])c([2H])c([2H])c4c4c(-c5c([2H])c([2H])c([2H])c([2H])c5-n5c6c([2H])c([2H])c([2H])c([2H])c6c6c5c([2H])c([2H])c5c7c([2H])c([2H])c([2H])c([2H])c7n(-c7c([2H])c([2H])c([2H])c([2H])c7[2H])c56)c([2H])c([2H])c([2H])c43)c2[2H])c([2H])c1[2H]. The Hall–Kier alpha value is -7.62. The van der Waals surface area contributed by atoms with Gasteiger partial charge in [0.2, 0.25) is 0 Å². The van der Waals surface area contributed by atoms with Crippen LogP contribution in [0, 0.1) is 0 Å². The molecular weight excluding hydrogens is 691 g/mol. The molecule has 12 rings (SSSR count). The molecule has 9 aromatic carbocycles. The smallest absolute Gasteiger partial charge is 0.0651 e. The Morgan fingerprint density at radius 1 is 0.298 bits per heavy atom. The quantitative estimate of drug-likeness (QED) is 0.166. The maximum Gasteiger partial charge on any atom is 0.0651 e. The molecule has 3 aromatic heterocycles. The molecule has 0 bridgehead atoms. The Labute approximate surface area is 378 Å². The standard InChI is InChI=1S/C54H35N3/c1-3-17-36(18-4-1)37-19-15-22-39(35-37)55-48-30-13-9-25-44(48)52-42(27-16-32-50(52)55)40-23-7-12-29-47(40)57-49-31-14-10-26-45(49)53-51(57)34-33-43-41-24-8-11-28-46(41)56(54(43)53)38-20-5-2-6-21-38/h1-35H/i1D,2D,3D,4D,5D,6D,7D,8D,9D,10D,11D,12D,13D,14D,15D,16D,17D,18D,19D,20D,21D,22D,23D,24D,25D,26D,27D,28D,29D,30D,31D,32D,33D,34D,35D. The maximum atomic E-state index is 10.0. The molecule has 0 atom stereocenters. The molecule has 0 aliphatic heterocycles. The Kier molecular flexibility index (Phi) is 2.78. The van der Waals surface area contributed by atoms with Crippen LogP contribution in [0.25, 0.3) is 105 Å². The number of benzene rings is 9. The van der Waals surface area contributed by atoms with Crippen molar-refractivity contribution in [2.75, 3.05) is 0 Å². The third-order valence-corrected chi connectivity index (χ3v) is 9.40. The summed E-state index contributed by atoms with van der Waals surface area (Å²) in [6.07, 6.45) is 0. The third-order valence-electron chi connectivity index (χ3n) is 9.40. The molecule has 0 fully saturated rings. The van der Waals surface area contributed by atoms with Gasteiger partial charge in [0.05, 0.1) is 86.8 Å². The van der Waals surface area contributed by atoms with Crippen LogP contribution < -0.4 is 0 Å². The van der Waals surface area contributed by atoms with Gasteiger partial charge in [0.1, 0.15) is 0 Å². The van der Waals surface area contributed by atoms with Crippen molar-refractivity contribution >= 4 is 65.4 Å². The molecule has 0 N–H and O–H groups in total. The summed E-state index contributed by atoms with van der Waals surface area (Å²) in [4.78, 5) is 0. The highest BCUT2D eigenvalue weighted by molar-refractivity contribution is 6.26. The van der Waals surface area contributed by atoms with Gasteiger partial charge in [0, 0.05) is 49.3 Å². The van der Waals surface area contributed by atoms with Crippen LogP contribution in [-0.4, -0.2) is 13.7 Å². The second-order valence-corrected chi connectivity index (χ2v) is 12.3. The average molecular weight is 761 g/mol. The molecule has 0 aliphatic rings. The van der Waals surface area contributed by atoms with Crippen molar-refractivity contribution in [1.29, 1.82) is 0 Å². The lowest BCUT2D eigenvalue weighted by atomic mass is 9.97. The van der Waals surface area contributed by atoms with Gasteiger partial charge < -0.3 is 13.7 Å². The van der Waals surface area contributed by atoms with E-state index in [9.17, 15) is 26.0 Å². The average Bonchev–Trinajstić information content (AvgIpc) is 1.51. The van der Waals surface area contributed by atoms with Crippen molar-refractivity contribution < 1.29 is 48.0 Å². The molecule has 12 aromatic rings. The van der Waals surface area contributed by atoms with E-state index in [1.807, 2.05) is 0 Å². The lowest BCUT2D eigenvalue weighted by Crippen LogP contribution is -1.98. The Balaban J connectivity index is 1.40. The van der Waals surface area contributed by atoms with E-state index in [0.717, 1.165) is 4.57 Å². The summed E-state index contributed by atoms with van der Waals surface area (Å²) in [7, 11) is 0. The second-order valence-electron chi connectivity index (χ2n) is 12.3. The largest absolute Gasteiger partial charge is 0.309 e. The van der Waals surface area contributed by atoms with Crippen LogP contribution in [-0.2, 0) is 0 Å². The van der Waals surface area contributed by atoms with Gasteiger partial charge in [0.15, 0.2) is 0 Å². The van der Waals surface area contributed by atoms with Gasteiger partial charge in [-0.25, -0.2) is 0 Å². The molecule has 0 unspecified atom stereocenters. The number of nitrogens with zero attached hydrogens (tertiary/aromatic N) is 3. The molecule has 57 heavy (non-hydrogen) atoms. The lowest BCUT2D eigenvalue weighted by molar-refractivity contribution is 1.17. The van der Waals surface area contributed by atoms with E-state index in [4.69, 9.17) is 21.9 Å². The number of para-hydroxylation sites is 5. The first-order chi connectivity index (χ1) is 42.9. The topological polar surface area (TPSA) is 14.8 Å². The summed E-state index contributed by atoms with van der Waals surface area (Å²) in [5.41, 5.74) is -11.5. The predicted molar refractivity (Wildman–Crippen MR) is 240 cm³/mol. The van der Waals surface area contributed by atoms with Gasteiger partial charge in [-0.05, 0) is 77.1 Å². The van der Waals surface area contributed by atoms with Gasteiger partial charge in [-0.2, -0.15) is 0 Å². The van der Waals surface area contributed by atoms with Crippen LogP contribution in [0.15, 0.2) is 211 Å². The van der Waals surface area contributed by atoms with Crippen molar-refractivity contribution in [2.45, 2.75) is 0 Å². The first-order valence-corrected chi connectivity index (χ1v) is 16.8. The van der Waals surface area contributed by atoms with Crippen molar-refractivity contribution in [3.63, 3.8) is 0 Å². The molecule has 3 nitrogen and oxygen atoms in total. The summed E-state index contributed by atoms with van der Waals surface area (Å²) in [6.45, 7) is 0. The van der Waals surface area contributed by atoms with E-state index in [1.54, 1.807) is 0 Å². The van der Waals surface area contributed by atoms with Gasteiger partial charge >= 0.3 is 0 Å². The van der Waals surface area contributed by atoms with E-state index in [0.29, 0.717) is 9.13 Å². The number of aromatic nitrogens is 3. The molecule has 0 amide bonds. The molecule has 3 heteroatoms. The first kappa shape index (κ1) is 12.7. The van der Waals surface area contributed by atoms with E-state index < -0.39 is 316 Å². The van der Waals surface area contributed by atoms with Crippen LogP contribution in [0.3, 0.4) is 0 Å². The highest BCUT2D eigenvalue weighted by atomic mass is 15.0. The summed E-state index contributed by atoms with van der Waals surface area (Å²) in [6, 6.07) is -36.9. The van der Waals surface area contributed by atoms with Crippen molar-refractivity contribution in [3.05, 3.63) is 211 Å². The molecule has 266 valence electrons. The molecule has 3 heterocycles. The number of fused-ring (bicyclic) bond motifs is 10. The van der Waals surface area contributed by atoms with Crippen LogP contribution in [0.5, 0.6) is 0 Å². The first-order valence-electron chi connectivity index (χ1n) is 34.3. The van der Waals surface area contributed by atoms with Gasteiger partial charge in [-0.3, -0.25) is 0 Å². The Bertz CT molecular complexity index is 5520. The monoisotopic (exact) mass is 761 g/mol. The molecular formula is C54H35N3. The summed E-state index contributed by atoms with van der Waals surface area (Å²) in [5, 5.41) is -4.28. The van der Waals surface area contributed by atoms with E-state index in [-0.39, 0.29) is 0 Å². The molecule has 0 saturated carbocycles. The van der Waals surface area contributed by atoms with Crippen LogP contribution in [0.2, 0.25) is 0 Å². The van der Waals surface area contributed by atoms with Crippen molar-refractivity contribution in [3.8, 4) is 39.3 Å². The fraction of sp³-hybridized carbons (Fsp3) is 0. The molecule has 0 spiro atoms. The van der Waals surface area contributed by atoms with E-state index in [1.165, 1.54) is 0 Å². The second kappa shape index (κ2) is 12.5. The summed E-state index contributed by atoms with van der Waals surface area (Å²) in [5.74, 6) is 0. The fourth-order valence-electron chi connectivity index (χ4n) is 7.21. The van der Waals surface area contributed by atoms with Crippen LogP contribution >= 0.6 is 0 Å². The number of rotatable bonds is 5. The van der Waals surface area contributed by atoms with E-state index in [2.05, 4.69) is 0 Å². The van der Waals surface area contributed by atoms with Crippen LogP contribution in [0.4, 0.5) is 0 Å². The van der Waals surface area contributed by atoms with Crippen molar-refractivity contribution in [1.82, 2.24) is 13.7 Å². The zero-order valence-corrected chi connectivity index (χ0v) is 28.3. The highest BCUT2D eigenvalue weighted by Gasteiger charge is 2.23. The number of hydrogen-bond donors (Lipinski definition) is 0. The molecule has 0 saturated heterocycles. The van der Waals surface area contributed by atoms with Gasteiger partial charge in [-0.1, -0.05) is 151 Å². The summed E-state index contributed by atoms with van der Waals surface area (Å²) >= 11 is 0. The Morgan fingerprint density at radius 2 is 0.825 bits per heavy atom. The minimum atomic E-state index is -1.22. The lowest BCUT2D eigenvalue weighted by Gasteiger charge is -2.15. The zero-order chi connectivity index (χ0) is 67.9. The minimum absolute atomic E-state index is 0.601. The predicted octanol–water partition coefficient (Wildman–Crippen LogP) is 14.3. The summed E-state index contributed by atoms with van der Waals surface area (Å²) < 4.78 is 324. The fourth-order valence-corrected chi connectivity index (χ4v) is 7.21. The van der Waals surface area contributed by atoms with Gasteiger partial charge in [0.25, 0.3) is 0 Å². The number of hydrogen-bond acceptors (Lipinski definition) is 0. The van der Waals surface area contributed by atoms with Crippen molar-refractivity contribution in [2.24, 2.45) is 0 Å². The highest BCUT2D eigenvalue weighted by Crippen LogP contribution is 2.45. The zero-order valence-electron chi connectivity index (χ0n) is 63.3. The Morgan fingerprint density at radius 3 is 1.61 bits per heavy atom. The van der Waals surface area contributed by atoms with Crippen LogP contribution in [0.1, 0.15) is 48.0 Å². The molecule has 0 aliphatic carbocycles. The van der Waals surface area contributed by atoms with E-state index >= 15 is 0 Å². The normalized spacial score (nSPS) is 20.5. The minimum Gasteiger partial charge on any atom is -0.309 e. The molecule has 0 radical (unpaired) electrons. The maximum absolute atomic E-state index is 10.0.